The van der Waals surface area contributed by atoms with Crippen LogP contribution in [0.2, 0.25) is 0 Å². The molecule has 2 nitrogen and oxygen atoms in total. The zero-order chi connectivity index (χ0) is 13.2. The number of hydrogen-bond acceptors (Lipinski definition) is 1. The molecular formula is C17H17NO. The summed E-state index contributed by atoms with van der Waals surface area (Å²) >= 11 is 0. The van der Waals surface area contributed by atoms with Crippen LogP contribution in [0.4, 0.5) is 5.69 Å². The maximum absolute atomic E-state index is 12.1. The Labute approximate surface area is 113 Å². The third-order valence-corrected chi connectivity index (χ3v) is 3.72. The van der Waals surface area contributed by atoms with Crippen LogP contribution in [0.3, 0.4) is 0 Å². The van der Waals surface area contributed by atoms with Crippen molar-refractivity contribution in [2.75, 3.05) is 5.32 Å². The van der Waals surface area contributed by atoms with E-state index in [-0.39, 0.29) is 11.8 Å². The fraction of sp³-hybridized carbons (Fsp3) is 0.235. The molecule has 1 aliphatic carbocycles. The first-order valence-electron chi connectivity index (χ1n) is 6.71. The molecule has 2 aromatic carbocycles. The Hall–Kier alpha value is -2.09. The highest BCUT2D eigenvalue weighted by Crippen LogP contribution is 2.39. The minimum Gasteiger partial charge on any atom is -0.325 e. The predicted octanol–water partition coefficient (Wildman–Crippen LogP) is 3.95. The van der Waals surface area contributed by atoms with E-state index in [1.165, 1.54) is 0 Å². The fourth-order valence-corrected chi connectivity index (χ4v) is 2.37. The van der Waals surface area contributed by atoms with Crippen LogP contribution in [0.1, 0.15) is 13.3 Å². The highest BCUT2D eigenvalue weighted by molar-refractivity contribution is 5.98. The van der Waals surface area contributed by atoms with Gasteiger partial charge in [0, 0.05) is 17.2 Å². The molecule has 2 heteroatoms. The van der Waals surface area contributed by atoms with E-state index in [1.807, 2.05) is 42.5 Å². The topological polar surface area (TPSA) is 29.1 Å². The Bertz CT molecular complexity index is 591. The van der Waals surface area contributed by atoms with Crippen LogP contribution >= 0.6 is 0 Å². The van der Waals surface area contributed by atoms with Crippen LogP contribution in [0, 0.1) is 11.8 Å². The summed E-state index contributed by atoms with van der Waals surface area (Å²) in [5, 5.41) is 3.06. The molecule has 96 valence electrons. The Morgan fingerprint density at radius 2 is 1.68 bits per heavy atom. The summed E-state index contributed by atoms with van der Waals surface area (Å²) in [7, 11) is 0. The zero-order valence-electron chi connectivity index (χ0n) is 11.0. The lowest BCUT2D eigenvalue weighted by atomic mass is 10.0. The maximum atomic E-state index is 12.1. The Morgan fingerprint density at radius 1 is 1.05 bits per heavy atom. The van der Waals surface area contributed by atoms with Crippen molar-refractivity contribution in [3.63, 3.8) is 0 Å². The van der Waals surface area contributed by atoms with E-state index < -0.39 is 0 Å². The van der Waals surface area contributed by atoms with Crippen molar-refractivity contribution in [1.29, 1.82) is 0 Å². The Morgan fingerprint density at radius 3 is 2.37 bits per heavy atom. The monoisotopic (exact) mass is 251 g/mol. The zero-order valence-corrected chi connectivity index (χ0v) is 11.0. The van der Waals surface area contributed by atoms with Gasteiger partial charge in [0.1, 0.15) is 0 Å². The number of amides is 1. The molecule has 0 heterocycles. The molecule has 1 N–H and O–H groups in total. The van der Waals surface area contributed by atoms with Crippen LogP contribution in [0.25, 0.3) is 11.1 Å². The Kier molecular flexibility index (Phi) is 3.08. The molecule has 0 unspecified atom stereocenters. The summed E-state index contributed by atoms with van der Waals surface area (Å²) < 4.78 is 0. The molecular weight excluding hydrogens is 234 g/mol. The molecule has 0 saturated heterocycles. The van der Waals surface area contributed by atoms with E-state index in [2.05, 4.69) is 24.4 Å². The first kappa shape index (κ1) is 12.0. The van der Waals surface area contributed by atoms with Gasteiger partial charge in [-0.25, -0.2) is 0 Å². The summed E-state index contributed by atoms with van der Waals surface area (Å²) in [6.07, 6.45) is 1.01. The number of nitrogens with one attached hydrogen (secondary N) is 1. The first-order valence-corrected chi connectivity index (χ1v) is 6.71. The van der Waals surface area contributed by atoms with Crippen molar-refractivity contribution in [3.05, 3.63) is 54.6 Å². The summed E-state index contributed by atoms with van der Waals surface area (Å²) in [5.74, 6) is 0.878. The number of carbonyl (C=O) groups excluding carboxylic acids is 1. The summed E-state index contributed by atoms with van der Waals surface area (Å²) in [4.78, 5) is 12.1. The van der Waals surface area contributed by atoms with E-state index in [9.17, 15) is 4.79 Å². The second kappa shape index (κ2) is 4.88. The molecule has 1 fully saturated rings. The number of anilines is 1. The molecule has 0 spiro atoms. The van der Waals surface area contributed by atoms with Gasteiger partial charge in [0.25, 0.3) is 0 Å². The van der Waals surface area contributed by atoms with E-state index in [1.54, 1.807) is 0 Å². The number of para-hydroxylation sites is 1. The Balaban J connectivity index is 1.88. The number of rotatable bonds is 3. The molecule has 0 bridgehead atoms. The van der Waals surface area contributed by atoms with Gasteiger partial charge in [0.05, 0.1) is 0 Å². The van der Waals surface area contributed by atoms with Crippen molar-refractivity contribution >= 4 is 11.6 Å². The van der Waals surface area contributed by atoms with E-state index in [4.69, 9.17) is 0 Å². The van der Waals surface area contributed by atoms with Crippen LogP contribution in [0.15, 0.2) is 54.6 Å². The van der Waals surface area contributed by atoms with Crippen LogP contribution < -0.4 is 5.32 Å². The van der Waals surface area contributed by atoms with Crippen molar-refractivity contribution in [2.45, 2.75) is 13.3 Å². The molecule has 1 aliphatic rings. The smallest absolute Gasteiger partial charge is 0.227 e. The summed E-state index contributed by atoms with van der Waals surface area (Å²) in [6.45, 7) is 2.12. The van der Waals surface area contributed by atoms with Crippen LogP contribution in [0.5, 0.6) is 0 Å². The molecule has 0 radical (unpaired) electrons. The average molecular weight is 251 g/mol. The quantitative estimate of drug-likeness (QED) is 0.879. The van der Waals surface area contributed by atoms with Gasteiger partial charge in [0.2, 0.25) is 5.91 Å². The van der Waals surface area contributed by atoms with Gasteiger partial charge < -0.3 is 5.32 Å². The normalized spacial score (nSPS) is 20.9. The SMILES string of the molecule is C[C@H]1C[C@@H]1C(=O)Nc1ccccc1-c1ccccc1. The molecule has 2 aromatic rings. The van der Waals surface area contributed by atoms with Gasteiger partial charge in [0.15, 0.2) is 0 Å². The summed E-state index contributed by atoms with van der Waals surface area (Å²) in [5.41, 5.74) is 3.10. The molecule has 1 saturated carbocycles. The average Bonchev–Trinajstić information content (AvgIpc) is 3.18. The highest BCUT2D eigenvalue weighted by atomic mass is 16.2. The van der Waals surface area contributed by atoms with Gasteiger partial charge >= 0.3 is 0 Å². The van der Waals surface area contributed by atoms with Crippen molar-refractivity contribution < 1.29 is 4.79 Å². The molecule has 1 amide bonds. The summed E-state index contributed by atoms with van der Waals surface area (Å²) in [6, 6.07) is 18.1. The number of carbonyl (C=O) groups is 1. The third-order valence-electron chi connectivity index (χ3n) is 3.72. The second-order valence-electron chi connectivity index (χ2n) is 5.22. The third kappa shape index (κ3) is 2.53. The van der Waals surface area contributed by atoms with Crippen molar-refractivity contribution in [1.82, 2.24) is 0 Å². The van der Waals surface area contributed by atoms with E-state index in [0.29, 0.717) is 5.92 Å². The van der Waals surface area contributed by atoms with Gasteiger partial charge in [-0.2, -0.15) is 0 Å². The molecule has 19 heavy (non-hydrogen) atoms. The lowest BCUT2D eigenvalue weighted by molar-refractivity contribution is -0.117. The van der Waals surface area contributed by atoms with Gasteiger partial charge in [-0.15, -0.1) is 0 Å². The van der Waals surface area contributed by atoms with E-state index in [0.717, 1.165) is 23.2 Å². The van der Waals surface area contributed by atoms with Gasteiger partial charge in [-0.3, -0.25) is 4.79 Å². The lowest BCUT2D eigenvalue weighted by Crippen LogP contribution is -2.15. The van der Waals surface area contributed by atoms with E-state index >= 15 is 0 Å². The minimum absolute atomic E-state index is 0.149. The second-order valence-corrected chi connectivity index (χ2v) is 5.22. The minimum atomic E-state index is 0.149. The highest BCUT2D eigenvalue weighted by Gasteiger charge is 2.39. The van der Waals surface area contributed by atoms with Crippen LogP contribution in [-0.4, -0.2) is 5.91 Å². The first-order chi connectivity index (χ1) is 9.25. The molecule has 0 aliphatic heterocycles. The standard InChI is InChI=1S/C17H17NO/c1-12-11-15(12)17(19)18-16-10-6-5-9-14(16)13-7-3-2-4-8-13/h2-10,12,15H,11H2,1H3,(H,18,19)/t12-,15-/m0/s1. The maximum Gasteiger partial charge on any atom is 0.227 e. The molecule has 3 rings (SSSR count). The van der Waals surface area contributed by atoms with Crippen LogP contribution in [-0.2, 0) is 4.79 Å². The predicted molar refractivity (Wildman–Crippen MR) is 77.8 cm³/mol. The number of hydrogen-bond donors (Lipinski definition) is 1. The van der Waals surface area contributed by atoms with Gasteiger partial charge in [-0.05, 0) is 24.0 Å². The molecule has 2 atom stereocenters. The van der Waals surface area contributed by atoms with Gasteiger partial charge in [-0.1, -0.05) is 55.5 Å². The van der Waals surface area contributed by atoms with Crippen molar-refractivity contribution in [3.8, 4) is 11.1 Å². The van der Waals surface area contributed by atoms with Crippen molar-refractivity contribution in [2.24, 2.45) is 11.8 Å². The fourth-order valence-electron chi connectivity index (χ4n) is 2.37. The lowest BCUT2D eigenvalue weighted by Gasteiger charge is -2.11. The number of benzene rings is 2. The largest absolute Gasteiger partial charge is 0.325 e. The molecule has 0 aromatic heterocycles.